The summed E-state index contributed by atoms with van der Waals surface area (Å²) in [5.41, 5.74) is 0. The van der Waals surface area contributed by atoms with Crippen LogP contribution in [0.5, 0.6) is 0 Å². The Labute approximate surface area is 128 Å². The number of piperidine rings is 1. The maximum Gasteiger partial charge on any atom is 0.251 e. The van der Waals surface area contributed by atoms with Crippen molar-refractivity contribution < 1.29 is 9.53 Å². The highest BCUT2D eigenvalue weighted by atomic mass is 16.5. The first-order valence-electron chi connectivity index (χ1n) is 8.48. The third-order valence-corrected chi connectivity index (χ3v) is 5.40. The van der Waals surface area contributed by atoms with E-state index < -0.39 is 0 Å². The lowest BCUT2D eigenvalue weighted by Crippen LogP contribution is -2.50. The minimum absolute atomic E-state index is 0.191. The van der Waals surface area contributed by atoms with Gasteiger partial charge in [0.2, 0.25) is 0 Å². The molecule has 0 spiro atoms. The van der Waals surface area contributed by atoms with Crippen LogP contribution in [0.1, 0.15) is 39.0 Å². The van der Waals surface area contributed by atoms with Crippen LogP contribution in [0.2, 0.25) is 0 Å². The monoisotopic (exact) mass is 292 g/mol. The summed E-state index contributed by atoms with van der Waals surface area (Å²) >= 11 is 0. The fourth-order valence-electron chi connectivity index (χ4n) is 4.02. The third kappa shape index (κ3) is 3.16. The van der Waals surface area contributed by atoms with Gasteiger partial charge in [-0.1, -0.05) is 13.0 Å². The molecule has 0 unspecified atom stereocenters. The number of nitrogens with zero attached hydrogens (tertiary/aromatic N) is 2. The van der Waals surface area contributed by atoms with E-state index in [4.69, 9.17) is 4.74 Å². The summed E-state index contributed by atoms with van der Waals surface area (Å²) in [6.07, 6.45) is 7.31. The molecule has 3 aliphatic heterocycles. The Morgan fingerprint density at radius 1 is 1.19 bits per heavy atom. The molecule has 3 fully saturated rings. The first-order valence-corrected chi connectivity index (χ1v) is 8.48. The summed E-state index contributed by atoms with van der Waals surface area (Å²) in [6.45, 7) is 9.94. The van der Waals surface area contributed by atoms with Crippen molar-refractivity contribution in [3.8, 4) is 0 Å². The van der Waals surface area contributed by atoms with Crippen LogP contribution in [0.3, 0.4) is 0 Å². The molecule has 0 aromatic rings. The highest BCUT2D eigenvalue weighted by molar-refractivity contribution is 5.81. The molecule has 0 N–H and O–H groups in total. The predicted molar refractivity (Wildman–Crippen MR) is 83.0 cm³/mol. The van der Waals surface area contributed by atoms with Crippen LogP contribution in [0, 0.1) is 5.92 Å². The van der Waals surface area contributed by atoms with Gasteiger partial charge in [-0.3, -0.25) is 9.69 Å². The summed E-state index contributed by atoms with van der Waals surface area (Å²) in [5.74, 6) is 0.996. The second-order valence-corrected chi connectivity index (χ2v) is 6.89. The van der Waals surface area contributed by atoms with E-state index in [2.05, 4.69) is 18.4 Å². The summed E-state index contributed by atoms with van der Waals surface area (Å²) in [5, 5.41) is 0. The molecule has 3 atom stereocenters. The van der Waals surface area contributed by atoms with Crippen LogP contribution >= 0.6 is 0 Å². The molecule has 0 aromatic carbocycles. The van der Waals surface area contributed by atoms with Gasteiger partial charge in [0, 0.05) is 32.2 Å². The van der Waals surface area contributed by atoms with E-state index in [1.54, 1.807) is 0 Å². The summed E-state index contributed by atoms with van der Waals surface area (Å²) in [7, 11) is 0. The Kier molecular flexibility index (Phi) is 4.65. The lowest BCUT2D eigenvalue weighted by atomic mass is 9.96. The maximum absolute atomic E-state index is 12.6. The molecule has 3 saturated heterocycles. The van der Waals surface area contributed by atoms with Crippen molar-refractivity contribution in [3.05, 3.63) is 12.7 Å². The van der Waals surface area contributed by atoms with E-state index in [9.17, 15) is 4.79 Å². The van der Waals surface area contributed by atoms with Crippen molar-refractivity contribution in [2.24, 2.45) is 5.92 Å². The van der Waals surface area contributed by atoms with E-state index >= 15 is 0 Å². The molecule has 3 aliphatic rings. The Hall–Kier alpha value is -0.870. The van der Waals surface area contributed by atoms with Gasteiger partial charge in [-0.15, -0.1) is 6.58 Å². The lowest BCUT2D eigenvalue weighted by Gasteiger charge is -2.38. The quantitative estimate of drug-likeness (QED) is 0.746. The van der Waals surface area contributed by atoms with Crippen LogP contribution in [-0.2, 0) is 9.53 Å². The fraction of sp³-hybridized carbons (Fsp3) is 0.824. The van der Waals surface area contributed by atoms with E-state index in [0.29, 0.717) is 6.04 Å². The topological polar surface area (TPSA) is 32.8 Å². The zero-order valence-electron chi connectivity index (χ0n) is 13.2. The van der Waals surface area contributed by atoms with Gasteiger partial charge in [-0.2, -0.15) is 0 Å². The molecule has 0 bridgehead atoms. The molecule has 0 radical (unpaired) electrons. The number of hydrogen-bond acceptors (Lipinski definition) is 3. The molecule has 0 aromatic heterocycles. The summed E-state index contributed by atoms with van der Waals surface area (Å²) < 4.78 is 6.16. The molecular formula is C17H28N2O2. The van der Waals surface area contributed by atoms with Crippen molar-refractivity contribution in [2.45, 2.75) is 57.3 Å². The fourth-order valence-corrected chi connectivity index (χ4v) is 4.02. The van der Waals surface area contributed by atoms with E-state index in [0.717, 1.165) is 64.2 Å². The number of likely N-dealkylation sites (tertiary alicyclic amines) is 2. The number of ether oxygens (including phenoxy) is 1. The maximum atomic E-state index is 12.6. The van der Waals surface area contributed by atoms with Crippen molar-refractivity contribution in [3.63, 3.8) is 0 Å². The molecule has 4 heteroatoms. The Balaban J connectivity index is 1.55. The highest BCUT2D eigenvalue weighted by Gasteiger charge is 2.42. The minimum atomic E-state index is -0.191. The molecule has 3 heterocycles. The van der Waals surface area contributed by atoms with Crippen LogP contribution in [-0.4, -0.2) is 60.1 Å². The number of rotatable bonds is 3. The second kappa shape index (κ2) is 6.49. The van der Waals surface area contributed by atoms with Crippen molar-refractivity contribution in [2.75, 3.05) is 26.2 Å². The largest absolute Gasteiger partial charge is 0.363 e. The Bertz CT molecular complexity index is 390. The smallest absolute Gasteiger partial charge is 0.251 e. The van der Waals surface area contributed by atoms with Crippen LogP contribution < -0.4 is 0 Å². The molecular weight excluding hydrogens is 264 g/mol. The average molecular weight is 292 g/mol. The second-order valence-electron chi connectivity index (χ2n) is 6.89. The first-order chi connectivity index (χ1) is 10.2. The van der Waals surface area contributed by atoms with Gasteiger partial charge in [0.25, 0.3) is 5.91 Å². The predicted octanol–water partition coefficient (Wildman–Crippen LogP) is 2.05. The first kappa shape index (κ1) is 15.0. The van der Waals surface area contributed by atoms with Gasteiger partial charge in [-0.25, -0.2) is 0 Å². The number of hydrogen-bond donors (Lipinski definition) is 0. The zero-order chi connectivity index (χ0) is 14.8. The molecule has 4 nitrogen and oxygen atoms in total. The van der Waals surface area contributed by atoms with E-state index in [1.807, 2.05) is 11.0 Å². The van der Waals surface area contributed by atoms with Gasteiger partial charge < -0.3 is 9.64 Å². The average Bonchev–Trinajstić information content (AvgIpc) is 2.90. The molecule has 1 amide bonds. The Morgan fingerprint density at radius 2 is 1.95 bits per heavy atom. The lowest BCUT2D eigenvalue weighted by molar-refractivity contribution is -0.155. The number of amides is 1. The van der Waals surface area contributed by atoms with E-state index in [-0.39, 0.29) is 18.1 Å². The van der Waals surface area contributed by atoms with Gasteiger partial charge >= 0.3 is 0 Å². The van der Waals surface area contributed by atoms with Gasteiger partial charge in [-0.05, 0) is 38.0 Å². The minimum Gasteiger partial charge on any atom is -0.363 e. The number of carbonyl (C=O) groups is 1. The molecule has 118 valence electrons. The molecule has 0 aliphatic carbocycles. The van der Waals surface area contributed by atoms with Crippen LogP contribution in [0.4, 0.5) is 0 Å². The van der Waals surface area contributed by atoms with E-state index in [1.165, 1.54) is 0 Å². The number of carbonyl (C=O) groups excluding carboxylic acids is 1. The van der Waals surface area contributed by atoms with Gasteiger partial charge in [0.05, 0.1) is 6.10 Å². The summed E-state index contributed by atoms with van der Waals surface area (Å²) in [6, 6.07) is 0.494. The Morgan fingerprint density at radius 3 is 2.67 bits per heavy atom. The van der Waals surface area contributed by atoms with Crippen molar-refractivity contribution in [1.29, 1.82) is 0 Å². The van der Waals surface area contributed by atoms with Gasteiger partial charge in [0.15, 0.2) is 0 Å². The van der Waals surface area contributed by atoms with Crippen LogP contribution in [0.15, 0.2) is 12.7 Å². The van der Waals surface area contributed by atoms with Gasteiger partial charge in [0.1, 0.15) is 6.10 Å². The molecule has 0 saturated carbocycles. The van der Waals surface area contributed by atoms with Crippen molar-refractivity contribution in [1.82, 2.24) is 9.80 Å². The highest BCUT2D eigenvalue weighted by Crippen LogP contribution is 2.32. The van der Waals surface area contributed by atoms with Crippen molar-refractivity contribution >= 4 is 5.91 Å². The zero-order valence-corrected chi connectivity index (χ0v) is 13.2. The summed E-state index contributed by atoms with van der Waals surface area (Å²) in [4.78, 5) is 17.1. The SMILES string of the molecule is C=CCN1CC[C@H]2O[C@H](C(=O)N3CCC(C)CC3)CC[C@H]21. The molecule has 3 rings (SSSR count). The normalized spacial score (nSPS) is 34.7. The standard InChI is InChI=1S/C17H28N2O2/c1-3-9-18-12-8-15-14(18)4-5-16(21-15)17(20)19-10-6-13(2)7-11-19/h3,13-16H,1,4-12H2,2H3/t14-,15-,16+/m1/s1. The number of fused-ring (bicyclic) bond motifs is 1. The molecule has 21 heavy (non-hydrogen) atoms. The third-order valence-electron chi connectivity index (χ3n) is 5.40. The van der Waals surface area contributed by atoms with Crippen LogP contribution in [0.25, 0.3) is 0 Å².